The molecule has 2 unspecified atom stereocenters. The molecule has 11 heteroatoms. The summed E-state index contributed by atoms with van der Waals surface area (Å²) in [5.74, 6) is -1.42. The largest absolute Gasteiger partial charge is 0.496 e. The fourth-order valence-corrected chi connectivity index (χ4v) is 4.55. The molecule has 0 N–H and O–H groups in total. The van der Waals surface area contributed by atoms with Gasteiger partial charge in [0.25, 0.3) is 0 Å². The van der Waals surface area contributed by atoms with Gasteiger partial charge >= 0.3 is 5.69 Å². The molecule has 0 spiro atoms. The number of hydrazone groups is 1. The van der Waals surface area contributed by atoms with E-state index in [4.69, 9.17) is 9.47 Å². The first-order valence-electron chi connectivity index (χ1n) is 10.5. The van der Waals surface area contributed by atoms with Gasteiger partial charge in [0, 0.05) is 31.1 Å². The number of imidazole rings is 1. The van der Waals surface area contributed by atoms with Crippen LogP contribution in [0.15, 0.2) is 40.6 Å². The monoisotopic (exact) mass is 468 g/mol. The number of halogens is 2. The van der Waals surface area contributed by atoms with E-state index in [1.807, 2.05) is 6.92 Å². The van der Waals surface area contributed by atoms with E-state index in [2.05, 4.69) is 15.1 Å². The zero-order chi connectivity index (χ0) is 24.3. The van der Waals surface area contributed by atoms with Crippen LogP contribution < -0.4 is 15.2 Å². The highest BCUT2D eigenvalue weighted by molar-refractivity contribution is 6.04. The second kappa shape index (κ2) is 7.79. The van der Waals surface area contributed by atoms with Crippen molar-refractivity contribution in [3.05, 3.63) is 52.6 Å². The summed E-state index contributed by atoms with van der Waals surface area (Å²) in [4.78, 5) is 21.6. The molecule has 1 aliphatic heterocycles. The van der Waals surface area contributed by atoms with E-state index < -0.39 is 23.4 Å². The zero-order valence-electron chi connectivity index (χ0n) is 19.2. The first-order valence-corrected chi connectivity index (χ1v) is 10.5. The van der Waals surface area contributed by atoms with E-state index in [9.17, 15) is 9.18 Å². The topological polar surface area (TPSA) is 86.8 Å². The lowest BCUT2D eigenvalue weighted by Gasteiger charge is -2.22. The first kappa shape index (κ1) is 21.8. The number of aryl methyl sites for hydroxylation is 1. The second-order valence-corrected chi connectivity index (χ2v) is 8.17. The third kappa shape index (κ3) is 2.96. The highest BCUT2D eigenvalue weighted by Crippen LogP contribution is 2.40. The molecule has 0 saturated heterocycles. The second-order valence-electron chi connectivity index (χ2n) is 8.17. The van der Waals surface area contributed by atoms with Crippen LogP contribution in [0.3, 0.4) is 0 Å². The normalized spacial score (nSPS) is 18.1. The Morgan fingerprint density at radius 1 is 1.03 bits per heavy atom. The van der Waals surface area contributed by atoms with Gasteiger partial charge < -0.3 is 9.47 Å². The third-order valence-corrected chi connectivity index (χ3v) is 6.43. The van der Waals surface area contributed by atoms with Gasteiger partial charge in [-0.15, -0.1) is 0 Å². The predicted molar refractivity (Wildman–Crippen MR) is 123 cm³/mol. The maximum atomic E-state index is 15.0. The van der Waals surface area contributed by atoms with Gasteiger partial charge in [-0.05, 0) is 13.0 Å². The number of aromatic nitrogens is 4. The van der Waals surface area contributed by atoms with Crippen LogP contribution in [0.4, 0.5) is 8.78 Å². The van der Waals surface area contributed by atoms with E-state index in [1.54, 1.807) is 31.2 Å². The molecule has 1 aromatic carbocycles. The molecule has 0 aliphatic carbocycles. The van der Waals surface area contributed by atoms with Crippen LogP contribution in [0.1, 0.15) is 18.4 Å². The molecule has 9 nitrogen and oxygen atoms in total. The number of rotatable bonds is 4. The Labute approximate surface area is 192 Å². The molecule has 4 aromatic rings. The van der Waals surface area contributed by atoms with Gasteiger partial charge in [-0.25, -0.2) is 9.18 Å². The van der Waals surface area contributed by atoms with E-state index in [0.717, 1.165) is 6.20 Å². The van der Waals surface area contributed by atoms with Crippen LogP contribution in [0.5, 0.6) is 11.5 Å². The van der Waals surface area contributed by atoms with Gasteiger partial charge in [0.2, 0.25) is 5.97 Å². The number of fused-ring (bicyclic) bond motifs is 3. The van der Waals surface area contributed by atoms with Crippen molar-refractivity contribution in [2.24, 2.45) is 12.1 Å². The van der Waals surface area contributed by atoms with E-state index >= 15 is 4.39 Å². The third-order valence-electron chi connectivity index (χ3n) is 6.43. The molecule has 4 heterocycles. The number of likely N-dealkylation sites (N-methyl/N-ethyl adjacent to an activating group) is 1. The summed E-state index contributed by atoms with van der Waals surface area (Å²) >= 11 is 0. The van der Waals surface area contributed by atoms with E-state index in [0.29, 0.717) is 33.2 Å². The molecule has 0 fully saturated rings. The average molecular weight is 468 g/mol. The van der Waals surface area contributed by atoms with Crippen molar-refractivity contribution in [1.29, 1.82) is 0 Å². The Kier molecular flexibility index (Phi) is 4.99. The number of hydrogen-bond acceptors (Lipinski definition) is 7. The molecule has 5 rings (SSSR count). The summed E-state index contributed by atoms with van der Waals surface area (Å²) in [6, 6.07) is 3.15. The van der Waals surface area contributed by atoms with Crippen LogP contribution in [0, 0.1) is 5.82 Å². The SMILES string of the molecule is COc1cc2ncc3c(c2cc1C1C(F)=NN(C)C1C)n(-c1c(F)cncc1OC)c(=O)n3C. The Morgan fingerprint density at radius 3 is 2.41 bits per heavy atom. The summed E-state index contributed by atoms with van der Waals surface area (Å²) in [7, 11) is 6.14. The summed E-state index contributed by atoms with van der Waals surface area (Å²) < 4.78 is 43.4. The van der Waals surface area contributed by atoms with Crippen LogP contribution in [0.25, 0.3) is 27.6 Å². The van der Waals surface area contributed by atoms with Gasteiger partial charge in [0.05, 0.1) is 61.3 Å². The number of benzene rings is 1. The first-order chi connectivity index (χ1) is 16.3. The quantitative estimate of drug-likeness (QED) is 0.458. The number of nitrogens with zero attached hydrogens (tertiary/aromatic N) is 6. The highest BCUT2D eigenvalue weighted by atomic mass is 19.1. The fraction of sp³-hybridized carbons (Fsp3) is 0.304. The highest BCUT2D eigenvalue weighted by Gasteiger charge is 2.36. The molecular weight excluding hydrogens is 446 g/mol. The van der Waals surface area contributed by atoms with Crippen LogP contribution in [-0.4, -0.2) is 57.4 Å². The van der Waals surface area contributed by atoms with E-state index in [-0.39, 0.29) is 17.5 Å². The molecule has 2 atom stereocenters. The van der Waals surface area contributed by atoms with Gasteiger partial charge in [-0.1, -0.05) is 0 Å². The van der Waals surface area contributed by atoms with E-state index in [1.165, 1.54) is 35.7 Å². The molecule has 176 valence electrons. The summed E-state index contributed by atoms with van der Waals surface area (Å²) in [6.45, 7) is 1.86. The van der Waals surface area contributed by atoms with Crippen molar-refractivity contribution in [2.45, 2.75) is 18.9 Å². The fourth-order valence-electron chi connectivity index (χ4n) is 4.55. The van der Waals surface area contributed by atoms with Gasteiger partial charge in [0.15, 0.2) is 11.6 Å². The molecule has 0 radical (unpaired) electrons. The Hall–Kier alpha value is -4.02. The molecule has 0 saturated carbocycles. The average Bonchev–Trinajstić information content (AvgIpc) is 3.23. The zero-order valence-corrected chi connectivity index (χ0v) is 19.2. The Balaban J connectivity index is 1.92. The minimum absolute atomic E-state index is 0.0697. The maximum absolute atomic E-state index is 15.0. The number of pyridine rings is 2. The van der Waals surface area contributed by atoms with Crippen LogP contribution in [-0.2, 0) is 7.05 Å². The summed E-state index contributed by atoms with van der Waals surface area (Å²) in [5.41, 5.74) is 1.36. The number of hydrogen-bond donors (Lipinski definition) is 0. The van der Waals surface area contributed by atoms with Crippen molar-refractivity contribution in [2.75, 3.05) is 21.3 Å². The number of ether oxygens (including phenoxy) is 2. The summed E-state index contributed by atoms with van der Waals surface area (Å²) in [5, 5.41) is 6.02. The number of methoxy groups -OCH3 is 2. The van der Waals surface area contributed by atoms with Crippen molar-refractivity contribution >= 4 is 27.9 Å². The van der Waals surface area contributed by atoms with Crippen LogP contribution in [0.2, 0.25) is 0 Å². The van der Waals surface area contributed by atoms with Crippen LogP contribution >= 0.6 is 0 Å². The smallest absolute Gasteiger partial charge is 0.333 e. The van der Waals surface area contributed by atoms with Gasteiger partial charge in [0.1, 0.15) is 11.4 Å². The molecule has 0 amide bonds. The standard InChI is InChI=1S/C23H22F2N6O3/c1-11-19(22(25)28-30(11)3)13-6-12-15(7-17(13)33-4)27-9-16-20(12)31(23(32)29(16)2)21-14(24)8-26-10-18(21)34-5/h6-11,19H,1-5H3. The van der Waals surface area contributed by atoms with Gasteiger partial charge in [-0.2, -0.15) is 9.49 Å². The van der Waals surface area contributed by atoms with Crippen molar-refractivity contribution in [3.63, 3.8) is 0 Å². The Morgan fingerprint density at radius 2 is 1.76 bits per heavy atom. The lowest BCUT2D eigenvalue weighted by atomic mass is 9.91. The van der Waals surface area contributed by atoms with Crippen molar-refractivity contribution in [3.8, 4) is 17.2 Å². The minimum atomic E-state index is -0.725. The molecule has 34 heavy (non-hydrogen) atoms. The van der Waals surface area contributed by atoms with Gasteiger partial charge in [-0.3, -0.25) is 24.1 Å². The molecule has 3 aromatic heterocycles. The predicted octanol–water partition coefficient (Wildman–Crippen LogP) is 3.13. The molecule has 0 bridgehead atoms. The van der Waals surface area contributed by atoms with Crippen molar-refractivity contribution in [1.82, 2.24) is 24.1 Å². The minimum Gasteiger partial charge on any atom is -0.496 e. The van der Waals surface area contributed by atoms with Crippen molar-refractivity contribution < 1.29 is 18.3 Å². The maximum Gasteiger partial charge on any atom is 0.333 e. The Bertz CT molecular complexity index is 1540. The molecule has 1 aliphatic rings. The summed E-state index contributed by atoms with van der Waals surface area (Å²) in [6.07, 6.45) is 3.89. The molecular formula is C23H22F2N6O3. The lowest BCUT2D eigenvalue weighted by molar-refractivity contribution is 0.286. The lowest BCUT2D eigenvalue weighted by Crippen LogP contribution is -2.26.